The molecule has 104 valence electrons. The Bertz CT molecular complexity index is 309. The summed E-state index contributed by atoms with van der Waals surface area (Å²) in [7, 11) is 1.84. The van der Waals surface area contributed by atoms with Gasteiger partial charge in [-0.2, -0.15) is 11.8 Å². The third-order valence-electron chi connectivity index (χ3n) is 3.57. The van der Waals surface area contributed by atoms with E-state index in [9.17, 15) is 9.59 Å². The lowest BCUT2D eigenvalue weighted by atomic mass is 10.1. The molecule has 0 aromatic rings. The zero-order chi connectivity index (χ0) is 13.7. The van der Waals surface area contributed by atoms with Crippen LogP contribution in [0.25, 0.3) is 0 Å². The largest absolute Gasteiger partial charge is 0.340 e. The van der Waals surface area contributed by atoms with Gasteiger partial charge in [0.2, 0.25) is 11.8 Å². The van der Waals surface area contributed by atoms with E-state index in [1.807, 2.05) is 27.2 Å². The smallest absolute Gasteiger partial charge is 0.245 e. The van der Waals surface area contributed by atoms with Crippen LogP contribution in [0.5, 0.6) is 0 Å². The first-order valence-corrected chi connectivity index (χ1v) is 7.97. The van der Waals surface area contributed by atoms with Crippen LogP contribution >= 0.6 is 11.8 Å². The summed E-state index contributed by atoms with van der Waals surface area (Å²) in [6, 6.07) is -0.0615. The average Bonchev–Trinajstić information content (AvgIpc) is 2.76. The van der Waals surface area contributed by atoms with Gasteiger partial charge in [0.25, 0.3) is 0 Å². The van der Waals surface area contributed by atoms with Crippen molar-refractivity contribution < 1.29 is 9.59 Å². The Morgan fingerprint density at radius 1 is 1.56 bits per heavy atom. The van der Waals surface area contributed by atoms with Crippen LogP contribution < -0.4 is 0 Å². The highest BCUT2D eigenvalue weighted by atomic mass is 32.2. The van der Waals surface area contributed by atoms with E-state index in [4.69, 9.17) is 0 Å². The molecule has 0 N–H and O–H groups in total. The molecule has 0 aromatic heterocycles. The molecule has 0 spiro atoms. The Labute approximate surface area is 114 Å². The molecule has 0 aromatic carbocycles. The van der Waals surface area contributed by atoms with Crippen molar-refractivity contribution in [2.75, 3.05) is 25.6 Å². The molecule has 5 heteroatoms. The zero-order valence-electron chi connectivity index (χ0n) is 11.8. The molecule has 0 saturated carbocycles. The molecule has 0 bridgehead atoms. The van der Waals surface area contributed by atoms with E-state index in [0.29, 0.717) is 12.8 Å². The van der Waals surface area contributed by atoms with Crippen molar-refractivity contribution in [2.45, 2.75) is 45.2 Å². The molecular weight excluding hydrogens is 248 g/mol. The summed E-state index contributed by atoms with van der Waals surface area (Å²) in [6.45, 7) is 4.75. The maximum atomic E-state index is 12.4. The topological polar surface area (TPSA) is 40.6 Å². The van der Waals surface area contributed by atoms with E-state index in [0.717, 1.165) is 18.7 Å². The van der Waals surface area contributed by atoms with Crippen molar-refractivity contribution in [3.05, 3.63) is 0 Å². The van der Waals surface area contributed by atoms with Gasteiger partial charge in [0.1, 0.15) is 6.04 Å². The Morgan fingerprint density at radius 2 is 2.22 bits per heavy atom. The molecule has 1 heterocycles. The number of thioether (sulfide) groups is 1. The molecule has 0 aliphatic carbocycles. The van der Waals surface area contributed by atoms with E-state index in [-0.39, 0.29) is 23.9 Å². The summed E-state index contributed by atoms with van der Waals surface area (Å²) in [4.78, 5) is 27.7. The quantitative estimate of drug-likeness (QED) is 0.737. The number of carbonyl (C=O) groups excluding carboxylic acids is 2. The van der Waals surface area contributed by atoms with E-state index in [1.165, 1.54) is 0 Å². The standard InChI is InChI=1S/C13H24N2O2S/c1-5-11(15-8-6-7-12(15)16)13(17)14(3)10(2)9-18-4/h10-11H,5-9H2,1-4H3/t10-,11-/m1/s1. The van der Waals surface area contributed by atoms with Crippen molar-refractivity contribution in [2.24, 2.45) is 0 Å². The third-order valence-corrected chi connectivity index (χ3v) is 4.39. The predicted octanol–water partition coefficient (Wildman–Crippen LogP) is 1.60. The van der Waals surface area contributed by atoms with Crippen molar-refractivity contribution in [3.8, 4) is 0 Å². The minimum atomic E-state index is -0.269. The summed E-state index contributed by atoms with van der Waals surface area (Å²) >= 11 is 1.73. The van der Waals surface area contributed by atoms with E-state index >= 15 is 0 Å². The summed E-state index contributed by atoms with van der Waals surface area (Å²) in [5.74, 6) is 1.13. The van der Waals surface area contributed by atoms with Gasteiger partial charge >= 0.3 is 0 Å². The van der Waals surface area contributed by atoms with Crippen molar-refractivity contribution in [1.82, 2.24) is 9.80 Å². The molecule has 1 rings (SSSR count). The number of hydrogen-bond donors (Lipinski definition) is 0. The van der Waals surface area contributed by atoms with Gasteiger partial charge in [0, 0.05) is 31.8 Å². The fourth-order valence-corrected chi connectivity index (χ4v) is 3.04. The third kappa shape index (κ3) is 3.40. The molecule has 2 amide bonds. The van der Waals surface area contributed by atoms with Crippen molar-refractivity contribution in [3.63, 3.8) is 0 Å². The lowest BCUT2D eigenvalue weighted by Crippen LogP contribution is -2.50. The SMILES string of the molecule is CC[C@H](C(=O)N(C)[C@H](C)CSC)N1CCCC1=O. The minimum absolute atomic E-state index is 0.0781. The van der Waals surface area contributed by atoms with Gasteiger partial charge in [-0.15, -0.1) is 0 Å². The summed E-state index contributed by atoms with van der Waals surface area (Å²) < 4.78 is 0. The highest BCUT2D eigenvalue weighted by molar-refractivity contribution is 7.98. The first kappa shape index (κ1) is 15.3. The van der Waals surface area contributed by atoms with Crippen molar-refractivity contribution >= 4 is 23.6 Å². The fraction of sp³-hybridized carbons (Fsp3) is 0.846. The maximum absolute atomic E-state index is 12.4. The predicted molar refractivity (Wildman–Crippen MR) is 75.6 cm³/mol. The van der Waals surface area contributed by atoms with Crippen LogP contribution in [-0.2, 0) is 9.59 Å². The van der Waals surface area contributed by atoms with Crippen LogP contribution in [0.2, 0.25) is 0 Å². The lowest BCUT2D eigenvalue weighted by molar-refractivity contribution is -0.143. The number of rotatable bonds is 6. The average molecular weight is 272 g/mol. The first-order chi connectivity index (χ1) is 8.52. The summed E-state index contributed by atoms with van der Waals surface area (Å²) in [5, 5.41) is 0. The van der Waals surface area contributed by atoms with Crippen LogP contribution in [0.3, 0.4) is 0 Å². The molecule has 1 fully saturated rings. The lowest BCUT2D eigenvalue weighted by Gasteiger charge is -2.32. The molecular formula is C13H24N2O2S. The Balaban J connectivity index is 2.69. The summed E-state index contributed by atoms with van der Waals surface area (Å²) in [5.41, 5.74) is 0. The zero-order valence-corrected chi connectivity index (χ0v) is 12.6. The number of likely N-dealkylation sites (tertiary alicyclic amines) is 1. The Hall–Kier alpha value is -0.710. The van der Waals surface area contributed by atoms with Gasteiger partial charge in [-0.05, 0) is 26.0 Å². The monoisotopic (exact) mass is 272 g/mol. The van der Waals surface area contributed by atoms with Crippen LogP contribution in [0.1, 0.15) is 33.1 Å². The van der Waals surface area contributed by atoms with Crippen LogP contribution in [0, 0.1) is 0 Å². The van der Waals surface area contributed by atoms with Gasteiger partial charge in [0.05, 0.1) is 0 Å². The molecule has 0 radical (unpaired) electrons. The molecule has 2 atom stereocenters. The van der Waals surface area contributed by atoms with Crippen LogP contribution in [-0.4, -0.2) is 59.3 Å². The Kier molecular flexibility index (Phi) is 5.99. The van der Waals surface area contributed by atoms with Gasteiger partial charge < -0.3 is 9.80 Å². The van der Waals surface area contributed by atoms with Gasteiger partial charge in [-0.1, -0.05) is 6.92 Å². The van der Waals surface area contributed by atoms with Gasteiger partial charge in [-0.3, -0.25) is 9.59 Å². The molecule has 1 aliphatic heterocycles. The van der Waals surface area contributed by atoms with Gasteiger partial charge in [-0.25, -0.2) is 0 Å². The van der Waals surface area contributed by atoms with Crippen molar-refractivity contribution in [1.29, 1.82) is 0 Å². The number of carbonyl (C=O) groups is 2. The molecule has 1 saturated heterocycles. The highest BCUT2D eigenvalue weighted by Gasteiger charge is 2.33. The van der Waals surface area contributed by atoms with E-state index in [2.05, 4.69) is 0 Å². The molecule has 18 heavy (non-hydrogen) atoms. The van der Waals surface area contributed by atoms with Crippen LogP contribution in [0.15, 0.2) is 0 Å². The highest BCUT2D eigenvalue weighted by Crippen LogP contribution is 2.18. The number of hydrogen-bond acceptors (Lipinski definition) is 3. The second-order valence-corrected chi connectivity index (χ2v) is 5.78. The molecule has 4 nitrogen and oxygen atoms in total. The van der Waals surface area contributed by atoms with E-state index in [1.54, 1.807) is 21.6 Å². The van der Waals surface area contributed by atoms with E-state index < -0.39 is 0 Å². The summed E-state index contributed by atoms with van der Waals surface area (Å²) in [6.07, 6.45) is 4.21. The second-order valence-electron chi connectivity index (χ2n) is 4.87. The normalized spacial score (nSPS) is 18.9. The number of amides is 2. The fourth-order valence-electron chi connectivity index (χ4n) is 2.33. The Morgan fingerprint density at radius 3 is 2.67 bits per heavy atom. The molecule has 0 unspecified atom stereocenters. The second kappa shape index (κ2) is 7.02. The minimum Gasteiger partial charge on any atom is -0.340 e. The maximum Gasteiger partial charge on any atom is 0.245 e. The number of likely N-dealkylation sites (N-methyl/N-ethyl adjacent to an activating group) is 1. The van der Waals surface area contributed by atoms with Gasteiger partial charge in [0.15, 0.2) is 0 Å². The molecule has 1 aliphatic rings. The number of nitrogens with zero attached hydrogens (tertiary/aromatic N) is 2. The first-order valence-electron chi connectivity index (χ1n) is 6.58. The van der Waals surface area contributed by atoms with Crippen LogP contribution in [0.4, 0.5) is 0 Å².